The van der Waals surface area contributed by atoms with Crippen LogP contribution in [0, 0.1) is 0 Å². The fourth-order valence-corrected chi connectivity index (χ4v) is 3.36. The van der Waals surface area contributed by atoms with Gasteiger partial charge in [0.2, 0.25) is 0 Å². The number of aromatic nitrogens is 1. The first-order valence-electron chi connectivity index (χ1n) is 7.44. The molecule has 1 aliphatic rings. The second-order valence-electron chi connectivity index (χ2n) is 5.58. The zero-order chi connectivity index (χ0) is 13.1. The van der Waals surface area contributed by atoms with Crippen molar-refractivity contribution in [2.75, 3.05) is 6.54 Å². The van der Waals surface area contributed by atoms with Gasteiger partial charge in [-0.25, -0.2) is 0 Å². The van der Waals surface area contributed by atoms with Crippen LogP contribution in [0.4, 0.5) is 0 Å². The normalized spacial score (nSPS) is 24.3. The van der Waals surface area contributed by atoms with Crippen molar-refractivity contribution in [2.45, 2.75) is 44.6 Å². The Morgan fingerprint density at radius 1 is 1.16 bits per heavy atom. The van der Waals surface area contributed by atoms with Gasteiger partial charge in [0.1, 0.15) is 0 Å². The van der Waals surface area contributed by atoms with Gasteiger partial charge in [-0.3, -0.25) is 4.98 Å². The summed E-state index contributed by atoms with van der Waals surface area (Å²) in [5.74, 6) is 0. The van der Waals surface area contributed by atoms with E-state index in [9.17, 15) is 0 Å². The predicted octanol–water partition coefficient (Wildman–Crippen LogP) is 4.00. The van der Waals surface area contributed by atoms with Gasteiger partial charge >= 0.3 is 0 Å². The molecular weight excluding hydrogens is 232 g/mol. The van der Waals surface area contributed by atoms with Crippen molar-refractivity contribution in [3.63, 3.8) is 0 Å². The summed E-state index contributed by atoms with van der Waals surface area (Å²) >= 11 is 0. The molecule has 1 N–H and O–H groups in total. The van der Waals surface area contributed by atoms with E-state index in [0.29, 0.717) is 0 Å². The fraction of sp³-hybridized carbons (Fsp3) is 0.471. The van der Waals surface area contributed by atoms with Gasteiger partial charge in [0.15, 0.2) is 0 Å². The Balaban J connectivity index is 2.15. The Labute approximate surface area is 115 Å². The molecule has 1 atom stereocenters. The van der Waals surface area contributed by atoms with Gasteiger partial charge in [0, 0.05) is 23.3 Å². The van der Waals surface area contributed by atoms with E-state index >= 15 is 0 Å². The highest BCUT2D eigenvalue weighted by Gasteiger charge is 2.32. The lowest BCUT2D eigenvalue weighted by Gasteiger charge is -2.34. The highest BCUT2D eigenvalue weighted by atomic mass is 15.0. The molecule has 1 saturated heterocycles. The molecule has 19 heavy (non-hydrogen) atoms. The summed E-state index contributed by atoms with van der Waals surface area (Å²) in [6, 6.07) is 8.61. The van der Waals surface area contributed by atoms with Gasteiger partial charge in [-0.2, -0.15) is 0 Å². The second-order valence-corrected chi connectivity index (χ2v) is 5.58. The SMILES string of the molecule is CCC1(c2cncc3ccccc23)CCCCCN1. The van der Waals surface area contributed by atoms with Gasteiger partial charge < -0.3 is 5.32 Å². The van der Waals surface area contributed by atoms with Crippen molar-refractivity contribution < 1.29 is 0 Å². The molecule has 100 valence electrons. The Morgan fingerprint density at radius 3 is 2.95 bits per heavy atom. The first-order valence-corrected chi connectivity index (χ1v) is 7.44. The minimum Gasteiger partial charge on any atom is -0.307 e. The maximum Gasteiger partial charge on any atom is 0.0453 e. The van der Waals surface area contributed by atoms with Crippen LogP contribution >= 0.6 is 0 Å². The van der Waals surface area contributed by atoms with Crippen LogP contribution < -0.4 is 5.32 Å². The van der Waals surface area contributed by atoms with E-state index in [2.05, 4.69) is 47.7 Å². The van der Waals surface area contributed by atoms with Crippen LogP contribution in [0.15, 0.2) is 36.7 Å². The molecule has 0 amide bonds. The zero-order valence-electron chi connectivity index (χ0n) is 11.7. The summed E-state index contributed by atoms with van der Waals surface area (Å²) in [4.78, 5) is 4.47. The van der Waals surface area contributed by atoms with Crippen LogP contribution in [0.25, 0.3) is 10.8 Å². The van der Waals surface area contributed by atoms with Gasteiger partial charge in [0.25, 0.3) is 0 Å². The number of hydrogen-bond acceptors (Lipinski definition) is 2. The third kappa shape index (κ3) is 2.25. The van der Waals surface area contributed by atoms with Crippen molar-refractivity contribution in [1.82, 2.24) is 10.3 Å². The number of pyridine rings is 1. The first kappa shape index (κ1) is 12.6. The van der Waals surface area contributed by atoms with E-state index in [1.165, 1.54) is 42.0 Å². The van der Waals surface area contributed by atoms with Gasteiger partial charge in [0.05, 0.1) is 0 Å². The lowest BCUT2D eigenvalue weighted by Crippen LogP contribution is -2.41. The summed E-state index contributed by atoms with van der Waals surface area (Å²) in [5, 5.41) is 6.42. The maximum atomic E-state index is 4.47. The molecule has 1 unspecified atom stereocenters. The van der Waals surface area contributed by atoms with Crippen LogP contribution in [0.1, 0.15) is 44.6 Å². The second kappa shape index (κ2) is 5.30. The predicted molar refractivity (Wildman–Crippen MR) is 80.2 cm³/mol. The van der Waals surface area contributed by atoms with E-state index in [4.69, 9.17) is 0 Å². The average Bonchev–Trinajstić information content (AvgIpc) is 2.73. The lowest BCUT2D eigenvalue weighted by molar-refractivity contribution is 0.314. The summed E-state index contributed by atoms with van der Waals surface area (Å²) < 4.78 is 0. The highest BCUT2D eigenvalue weighted by Crippen LogP contribution is 2.36. The van der Waals surface area contributed by atoms with E-state index in [-0.39, 0.29) is 5.54 Å². The first-order chi connectivity index (χ1) is 9.36. The smallest absolute Gasteiger partial charge is 0.0453 e. The quantitative estimate of drug-likeness (QED) is 0.876. The van der Waals surface area contributed by atoms with E-state index in [0.717, 1.165) is 13.0 Å². The van der Waals surface area contributed by atoms with Crippen LogP contribution in [-0.2, 0) is 5.54 Å². The van der Waals surface area contributed by atoms with Crippen molar-refractivity contribution in [1.29, 1.82) is 0 Å². The molecule has 2 heterocycles. The lowest BCUT2D eigenvalue weighted by atomic mass is 9.82. The van der Waals surface area contributed by atoms with Gasteiger partial charge in [-0.15, -0.1) is 0 Å². The zero-order valence-corrected chi connectivity index (χ0v) is 11.7. The summed E-state index contributed by atoms with van der Waals surface area (Å²) in [7, 11) is 0. The molecule has 2 heteroatoms. The molecule has 1 fully saturated rings. The fourth-order valence-electron chi connectivity index (χ4n) is 3.36. The minimum atomic E-state index is 0.115. The van der Waals surface area contributed by atoms with Gasteiger partial charge in [-0.05, 0) is 36.8 Å². The van der Waals surface area contributed by atoms with Crippen molar-refractivity contribution >= 4 is 10.8 Å². The molecule has 0 radical (unpaired) electrons. The molecule has 1 aromatic heterocycles. The number of nitrogens with one attached hydrogen (secondary N) is 1. The third-order valence-electron chi connectivity index (χ3n) is 4.53. The molecule has 0 bridgehead atoms. The average molecular weight is 254 g/mol. The third-order valence-corrected chi connectivity index (χ3v) is 4.53. The van der Waals surface area contributed by atoms with Crippen molar-refractivity contribution in [3.8, 4) is 0 Å². The van der Waals surface area contributed by atoms with Crippen molar-refractivity contribution in [2.24, 2.45) is 0 Å². The monoisotopic (exact) mass is 254 g/mol. The standard InChI is InChI=1S/C17H22N2/c1-2-17(10-6-3-7-11-19-17)16-13-18-12-14-8-4-5-9-15(14)16/h4-5,8-9,12-13,19H,2-3,6-7,10-11H2,1H3. The number of rotatable bonds is 2. The topological polar surface area (TPSA) is 24.9 Å². The molecule has 1 aromatic carbocycles. The molecule has 0 aliphatic carbocycles. The van der Waals surface area contributed by atoms with Gasteiger partial charge in [-0.1, -0.05) is 44.0 Å². The minimum absolute atomic E-state index is 0.115. The van der Waals surface area contributed by atoms with E-state index < -0.39 is 0 Å². The molecule has 0 spiro atoms. The molecular formula is C17H22N2. The largest absolute Gasteiger partial charge is 0.307 e. The number of benzene rings is 1. The molecule has 0 saturated carbocycles. The molecule has 3 rings (SSSR count). The Kier molecular flexibility index (Phi) is 3.52. The molecule has 2 nitrogen and oxygen atoms in total. The summed E-state index contributed by atoms with van der Waals surface area (Å²) in [6.07, 6.45) is 10.3. The van der Waals surface area contributed by atoms with Crippen LogP contribution in [0.5, 0.6) is 0 Å². The summed E-state index contributed by atoms with van der Waals surface area (Å²) in [5.41, 5.74) is 1.50. The van der Waals surface area contributed by atoms with Crippen molar-refractivity contribution in [3.05, 3.63) is 42.2 Å². The molecule has 1 aliphatic heterocycles. The Bertz CT molecular complexity index is 549. The maximum absolute atomic E-state index is 4.47. The summed E-state index contributed by atoms with van der Waals surface area (Å²) in [6.45, 7) is 3.41. The van der Waals surface area contributed by atoms with Crippen LogP contribution in [-0.4, -0.2) is 11.5 Å². The van der Waals surface area contributed by atoms with Crippen LogP contribution in [0.2, 0.25) is 0 Å². The van der Waals surface area contributed by atoms with E-state index in [1.807, 2.05) is 6.20 Å². The van der Waals surface area contributed by atoms with Crippen LogP contribution in [0.3, 0.4) is 0 Å². The Hall–Kier alpha value is -1.41. The Morgan fingerprint density at radius 2 is 2.05 bits per heavy atom. The number of hydrogen-bond donors (Lipinski definition) is 1. The van der Waals surface area contributed by atoms with E-state index in [1.54, 1.807) is 0 Å². The number of fused-ring (bicyclic) bond motifs is 1. The molecule has 2 aromatic rings. The highest BCUT2D eigenvalue weighted by molar-refractivity contribution is 5.85. The number of nitrogens with zero attached hydrogens (tertiary/aromatic N) is 1.